The van der Waals surface area contributed by atoms with E-state index in [1.54, 1.807) is 6.92 Å². The van der Waals surface area contributed by atoms with Crippen LogP contribution in [0.15, 0.2) is 12.1 Å². The van der Waals surface area contributed by atoms with E-state index in [9.17, 15) is 14.3 Å². The molecule has 116 valence electrons. The Bertz CT molecular complexity index is 525. The number of amides is 1. The fraction of sp³-hybridized carbons (Fsp3) is 0.562. The van der Waals surface area contributed by atoms with E-state index in [-0.39, 0.29) is 17.6 Å². The summed E-state index contributed by atoms with van der Waals surface area (Å²) in [5, 5.41) is 12.4. The second-order valence-corrected chi connectivity index (χ2v) is 6.10. The molecule has 5 heteroatoms. The Balaban J connectivity index is 2.08. The summed E-state index contributed by atoms with van der Waals surface area (Å²) in [5.74, 6) is -1.01. The van der Waals surface area contributed by atoms with Crippen molar-refractivity contribution in [2.45, 2.75) is 39.0 Å². The highest BCUT2D eigenvalue weighted by Crippen LogP contribution is 2.35. The standard InChI is InChI=1S/C16H23FN2O2/c1-11-7-12(18)8-13(14(11)17)15(21)19-9-16(10-20)5-3-2-4-6-16/h7-8,20H,2-6,9-10,18H2,1H3,(H,19,21). The highest BCUT2D eigenvalue weighted by Gasteiger charge is 2.32. The van der Waals surface area contributed by atoms with Crippen LogP contribution in [0.1, 0.15) is 48.0 Å². The molecule has 2 rings (SSSR count). The summed E-state index contributed by atoms with van der Waals surface area (Å²) >= 11 is 0. The van der Waals surface area contributed by atoms with E-state index in [1.807, 2.05) is 0 Å². The van der Waals surface area contributed by atoms with Gasteiger partial charge < -0.3 is 16.2 Å². The monoisotopic (exact) mass is 294 g/mol. The van der Waals surface area contributed by atoms with Crippen LogP contribution in [0.3, 0.4) is 0 Å². The highest BCUT2D eigenvalue weighted by molar-refractivity contribution is 5.95. The topological polar surface area (TPSA) is 75.4 Å². The molecule has 1 aromatic rings. The Morgan fingerprint density at radius 2 is 2.05 bits per heavy atom. The second kappa shape index (κ2) is 6.43. The highest BCUT2D eigenvalue weighted by atomic mass is 19.1. The van der Waals surface area contributed by atoms with Gasteiger partial charge in [0.25, 0.3) is 5.91 Å². The summed E-state index contributed by atoms with van der Waals surface area (Å²) in [5.41, 5.74) is 6.10. The van der Waals surface area contributed by atoms with E-state index in [0.29, 0.717) is 17.8 Å². The summed E-state index contributed by atoms with van der Waals surface area (Å²) in [4.78, 5) is 12.2. The third-order valence-electron chi connectivity index (χ3n) is 4.40. The van der Waals surface area contributed by atoms with Gasteiger partial charge in [0.2, 0.25) is 0 Å². The number of aryl methyl sites for hydroxylation is 1. The molecule has 1 aliphatic rings. The van der Waals surface area contributed by atoms with E-state index < -0.39 is 11.7 Å². The number of nitrogens with one attached hydrogen (secondary N) is 1. The molecule has 21 heavy (non-hydrogen) atoms. The largest absolute Gasteiger partial charge is 0.399 e. The number of carbonyl (C=O) groups excluding carboxylic acids is 1. The lowest BCUT2D eigenvalue weighted by Gasteiger charge is -2.35. The van der Waals surface area contributed by atoms with Gasteiger partial charge in [0.05, 0.1) is 12.2 Å². The Labute approximate surface area is 124 Å². The van der Waals surface area contributed by atoms with Gasteiger partial charge in [0.1, 0.15) is 5.82 Å². The van der Waals surface area contributed by atoms with Gasteiger partial charge in [0, 0.05) is 17.6 Å². The van der Waals surface area contributed by atoms with Gasteiger partial charge in [0.15, 0.2) is 0 Å². The number of nitrogens with two attached hydrogens (primary N) is 1. The van der Waals surface area contributed by atoms with Gasteiger partial charge in [-0.1, -0.05) is 19.3 Å². The van der Waals surface area contributed by atoms with Crippen LogP contribution in [0.5, 0.6) is 0 Å². The molecule has 4 nitrogen and oxygen atoms in total. The van der Waals surface area contributed by atoms with Crippen LogP contribution in [0.2, 0.25) is 0 Å². The van der Waals surface area contributed by atoms with Crippen molar-refractivity contribution >= 4 is 11.6 Å². The number of hydrogen-bond donors (Lipinski definition) is 3. The molecule has 0 radical (unpaired) electrons. The van der Waals surface area contributed by atoms with E-state index >= 15 is 0 Å². The van der Waals surface area contributed by atoms with Gasteiger partial charge in [-0.25, -0.2) is 4.39 Å². The number of nitrogen functional groups attached to an aromatic ring is 1. The first-order valence-electron chi connectivity index (χ1n) is 7.42. The van der Waals surface area contributed by atoms with Crippen molar-refractivity contribution in [3.8, 4) is 0 Å². The third kappa shape index (κ3) is 3.53. The van der Waals surface area contributed by atoms with Gasteiger partial charge in [-0.15, -0.1) is 0 Å². The predicted octanol–water partition coefficient (Wildman–Crippen LogP) is 2.39. The predicted molar refractivity (Wildman–Crippen MR) is 80.5 cm³/mol. The fourth-order valence-electron chi connectivity index (χ4n) is 3.02. The first-order chi connectivity index (χ1) is 9.97. The van der Waals surface area contributed by atoms with Gasteiger partial charge in [-0.3, -0.25) is 4.79 Å². The van der Waals surface area contributed by atoms with Gasteiger partial charge in [-0.05, 0) is 37.5 Å². The average Bonchev–Trinajstić information content (AvgIpc) is 2.49. The van der Waals surface area contributed by atoms with Crippen LogP contribution in [0.4, 0.5) is 10.1 Å². The zero-order chi connectivity index (χ0) is 15.5. The van der Waals surface area contributed by atoms with E-state index in [4.69, 9.17) is 5.73 Å². The normalized spacial score (nSPS) is 17.5. The van der Waals surface area contributed by atoms with Crippen molar-refractivity contribution in [3.05, 3.63) is 29.1 Å². The number of hydrogen-bond acceptors (Lipinski definition) is 3. The number of rotatable bonds is 4. The minimum atomic E-state index is -0.539. The van der Waals surface area contributed by atoms with Crippen LogP contribution in [-0.4, -0.2) is 24.2 Å². The molecule has 0 aromatic heterocycles. The molecule has 0 atom stereocenters. The lowest BCUT2D eigenvalue weighted by Crippen LogP contribution is -2.41. The number of halogens is 1. The van der Waals surface area contributed by atoms with E-state index in [0.717, 1.165) is 25.7 Å². The maximum absolute atomic E-state index is 14.0. The summed E-state index contributed by atoms with van der Waals surface area (Å²) in [6.07, 6.45) is 5.06. The molecular weight excluding hydrogens is 271 g/mol. The number of carbonyl (C=O) groups is 1. The summed E-state index contributed by atoms with van der Waals surface area (Å²) in [7, 11) is 0. The maximum Gasteiger partial charge on any atom is 0.254 e. The molecule has 0 saturated heterocycles. The molecular formula is C16H23FN2O2. The number of aliphatic hydroxyl groups is 1. The Morgan fingerprint density at radius 1 is 1.38 bits per heavy atom. The van der Waals surface area contributed by atoms with Crippen LogP contribution in [0, 0.1) is 18.2 Å². The fourth-order valence-corrected chi connectivity index (χ4v) is 3.02. The van der Waals surface area contributed by atoms with Crippen molar-refractivity contribution in [1.82, 2.24) is 5.32 Å². The van der Waals surface area contributed by atoms with Gasteiger partial charge >= 0.3 is 0 Å². The molecule has 0 spiro atoms. The smallest absolute Gasteiger partial charge is 0.254 e. The summed E-state index contributed by atoms with van der Waals surface area (Å²) in [6.45, 7) is 2.00. The quantitative estimate of drug-likeness (QED) is 0.746. The van der Waals surface area contributed by atoms with E-state index in [1.165, 1.54) is 18.6 Å². The zero-order valence-electron chi connectivity index (χ0n) is 12.4. The Kier molecular flexibility index (Phi) is 4.83. The molecule has 1 aromatic carbocycles. The lowest BCUT2D eigenvalue weighted by atomic mass is 9.74. The Morgan fingerprint density at radius 3 is 2.67 bits per heavy atom. The van der Waals surface area contributed by atoms with E-state index in [2.05, 4.69) is 5.32 Å². The number of aliphatic hydroxyl groups excluding tert-OH is 1. The number of benzene rings is 1. The Hall–Kier alpha value is -1.62. The molecule has 1 saturated carbocycles. The molecule has 0 heterocycles. The molecule has 0 aliphatic heterocycles. The van der Waals surface area contributed by atoms with Crippen molar-refractivity contribution in [1.29, 1.82) is 0 Å². The summed E-state index contributed by atoms with van der Waals surface area (Å²) < 4.78 is 14.0. The van der Waals surface area contributed by atoms with Crippen molar-refractivity contribution in [2.75, 3.05) is 18.9 Å². The SMILES string of the molecule is Cc1cc(N)cc(C(=O)NCC2(CO)CCCCC2)c1F. The molecule has 0 unspecified atom stereocenters. The minimum Gasteiger partial charge on any atom is -0.399 e. The average molecular weight is 294 g/mol. The van der Waals surface area contributed by atoms with Crippen LogP contribution in [-0.2, 0) is 0 Å². The van der Waals surface area contributed by atoms with Crippen LogP contribution >= 0.6 is 0 Å². The third-order valence-corrected chi connectivity index (χ3v) is 4.40. The zero-order valence-corrected chi connectivity index (χ0v) is 12.4. The van der Waals surface area contributed by atoms with Crippen molar-refractivity contribution in [3.63, 3.8) is 0 Å². The van der Waals surface area contributed by atoms with Crippen molar-refractivity contribution in [2.24, 2.45) is 5.41 Å². The second-order valence-electron chi connectivity index (χ2n) is 6.10. The summed E-state index contributed by atoms with van der Waals surface area (Å²) in [6, 6.07) is 2.85. The van der Waals surface area contributed by atoms with Crippen molar-refractivity contribution < 1.29 is 14.3 Å². The molecule has 1 aliphatic carbocycles. The molecule has 1 fully saturated rings. The van der Waals surface area contributed by atoms with Crippen LogP contribution in [0.25, 0.3) is 0 Å². The van der Waals surface area contributed by atoms with Crippen LogP contribution < -0.4 is 11.1 Å². The molecule has 1 amide bonds. The first-order valence-corrected chi connectivity index (χ1v) is 7.42. The maximum atomic E-state index is 14.0. The number of anilines is 1. The molecule has 4 N–H and O–H groups in total. The molecule has 0 bridgehead atoms. The lowest BCUT2D eigenvalue weighted by molar-refractivity contribution is 0.0716. The van der Waals surface area contributed by atoms with Gasteiger partial charge in [-0.2, -0.15) is 0 Å². The minimum absolute atomic E-state index is 0.0311. The first kappa shape index (κ1) is 15.8.